The largest absolute Gasteiger partial charge is 0.618 e. The number of carbonyl (C=O) groups excluding carboxylic acids is 1. The van der Waals surface area contributed by atoms with Crippen molar-refractivity contribution in [2.45, 2.75) is 13.8 Å². The van der Waals surface area contributed by atoms with E-state index in [1.165, 1.54) is 12.3 Å². The highest BCUT2D eigenvalue weighted by Crippen LogP contribution is 2.21. The zero-order valence-corrected chi connectivity index (χ0v) is 12.9. The number of hydrogen-bond acceptors (Lipinski definition) is 3. The van der Waals surface area contributed by atoms with E-state index in [9.17, 15) is 10.0 Å². The molecule has 3 rings (SSSR count). The maximum absolute atomic E-state index is 12.3. The average Bonchev–Trinajstić information content (AvgIpc) is 2.86. The van der Waals surface area contributed by atoms with Crippen LogP contribution in [0, 0.1) is 19.1 Å². The topological polar surface area (TPSA) is 73.9 Å². The van der Waals surface area contributed by atoms with Crippen LogP contribution in [0.25, 0.3) is 5.69 Å². The van der Waals surface area contributed by atoms with Crippen molar-refractivity contribution in [2.75, 3.05) is 5.32 Å². The van der Waals surface area contributed by atoms with E-state index >= 15 is 0 Å². The Morgan fingerprint density at radius 1 is 1.17 bits per heavy atom. The van der Waals surface area contributed by atoms with Crippen molar-refractivity contribution in [3.8, 4) is 5.69 Å². The number of amides is 1. The van der Waals surface area contributed by atoms with Gasteiger partial charge >= 0.3 is 5.91 Å². The highest BCUT2D eigenvalue weighted by atomic mass is 16.5. The Kier molecular flexibility index (Phi) is 3.80. The maximum atomic E-state index is 12.3. The van der Waals surface area contributed by atoms with E-state index in [-0.39, 0.29) is 5.69 Å². The first-order chi connectivity index (χ1) is 11.1. The van der Waals surface area contributed by atoms with Crippen LogP contribution in [0.1, 0.15) is 21.9 Å². The summed E-state index contributed by atoms with van der Waals surface area (Å²) in [7, 11) is 0. The molecule has 23 heavy (non-hydrogen) atoms. The minimum Gasteiger partial charge on any atom is -0.618 e. The van der Waals surface area contributed by atoms with Crippen LogP contribution in [0.4, 0.5) is 5.69 Å². The van der Waals surface area contributed by atoms with Gasteiger partial charge in [-0.2, -0.15) is 9.83 Å². The van der Waals surface area contributed by atoms with Gasteiger partial charge in [0.2, 0.25) is 0 Å². The van der Waals surface area contributed by atoms with Gasteiger partial charge in [-0.25, -0.2) is 4.68 Å². The first-order valence-corrected chi connectivity index (χ1v) is 7.18. The van der Waals surface area contributed by atoms with Crippen LogP contribution in [-0.2, 0) is 0 Å². The standard InChI is InChI=1S/C17H16N4O2/c1-12-11-13(2)21(19-12)15-8-4-3-7-14(15)18-17(22)16-9-5-6-10-20(16)23/h3-11H,1-2H3,(H,18,22). The molecule has 0 unspecified atom stereocenters. The molecule has 6 nitrogen and oxygen atoms in total. The number of nitrogens with one attached hydrogen (secondary N) is 1. The van der Waals surface area contributed by atoms with Crippen LogP contribution in [0.15, 0.2) is 54.7 Å². The van der Waals surface area contributed by atoms with Crippen molar-refractivity contribution < 1.29 is 9.52 Å². The first kappa shape index (κ1) is 14.8. The van der Waals surface area contributed by atoms with Crippen molar-refractivity contribution in [3.63, 3.8) is 0 Å². The van der Waals surface area contributed by atoms with Gasteiger partial charge < -0.3 is 10.5 Å². The molecule has 0 saturated carbocycles. The number of hydrogen-bond donors (Lipinski definition) is 1. The van der Waals surface area contributed by atoms with Crippen LogP contribution in [0.3, 0.4) is 0 Å². The maximum Gasteiger partial charge on any atom is 0.321 e. The zero-order chi connectivity index (χ0) is 16.4. The van der Waals surface area contributed by atoms with Gasteiger partial charge in [0.15, 0.2) is 6.20 Å². The molecule has 0 aliphatic rings. The SMILES string of the molecule is Cc1cc(C)n(-c2ccccc2NC(=O)c2cccc[n+]2[O-])n1. The monoisotopic (exact) mass is 308 g/mol. The first-order valence-electron chi connectivity index (χ1n) is 7.18. The molecule has 1 amide bonds. The summed E-state index contributed by atoms with van der Waals surface area (Å²) in [6, 6.07) is 14.0. The molecule has 0 bridgehead atoms. The Balaban J connectivity index is 1.97. The van der Waals surface area contributed by atoms with Gasteiger partial charge in [0.05, 0.1) is 17.1 Å². The van der Waals surface area contributed by atoms with Crippen LogP contribution >= 0.6 is 0 Å². The van der Waals surface area contributed by atoms with Gasteiger partial charge in [-0.1, -0.05) is 12.1 Å². The molecule has 6 heteroatoms. The number of carbonyl (C=O) groups is 1. The van der Waals surface area contributed by atoms with Gasteiger partial charge in [0, 0.05) is 17.8 Å². The van der Waals surface area contributed by atoms with E-state index in [0.717, 1.165) is 17.1 Å². The highest BCUT2D eigenvalue weighted by molar-refractivity contribution is 6.03. The third-order valence-electron chi connectivity index (χ3n) is 3.45. The predicted molar refractivity (Wildman–Crippen MR) is 86.4 cm³/mol. The van der Waals surface area contributed by atoms with E-state index in [4.69, 9.17) is 0 Å². The Bertz CT molecular complexity index is 871. The molecule has 3 aromatic rings. The minimum atomic E-state index is -0.463. The summed E-state index contributed by atoms with van der Waals surface area (Å²) in [5.41, 5.74) is 3.23. The normalized spacial score (nSPS) is 10.5. The Morgan fingerprint density at radius 3 is 2.61 bits per heavy atom. The van der Waals surface area contributed by atoms with Crippen molar-refractivity contribution in [3.05, 3.63) is 77.0 Å². The van der Waals surface area contributed by atoms with Crippen molar-refractivity contribution >= 4 is 11.6 Å². The molecule has 1 aromatic carbocycles. The summed E-state index contributed by atoms with van der Waals surface area (Å²) >= 11 is 0. The van der Waals surface area contributed by atoms with E-state index in [2.05, 4.69) is 10.4 Å². The molecule has 116 valence electrons. The third kappa shape index (κ3) is 2.91. The molecule has 0 saturated heterocycles. The number of aryl methyl sites for hydroxylation is 2. The second kappa shape index (κ2) is 5.92. The second-order valence-electron chi connectivity index (χ2n) is 5.22. The molecule has 0 aliphatic heterocycles. The molecule has 0 radical (unpaired) electrons. The zero-order valence-electron chi connectivity index (χ0n) is 12.9. The van der Waals surface area contributed by atoms with Crippen molar-refractivity contribution in [1.29, 1.82) is 0 Å². The molecule has 0 aliphatic carbocycles. The van der Waals surface area contributed by atoms with Gasteiger partial charge in [0.1, 0.15) is 0 Å². The van der Waals surface area contributed by atoms with Crippen LogP contribution in [-0.4, -0.2) is 15.7 Å². The number of aromatic nitrogens is 3. The fraction of sp³-hybridized carbons (Fsp3) is 0.118. The lowest BCUT2D eigenvalue weighted by molar-refractivity contribution is -0.607. The minimum absolute atomic E-state index is 0.0377. The number of pyridine rings is 1. The summed E-state index contributed by atoms with van der Waals surface area (Å²) in [6.45, 7) is 3.86. The number of rotatable bonds is 3. The highest BCUT2D eigenvalue weighted by Gasteiger charge is 2.17. The van der Waals surface area contributed by atoms with Crippen LogP contribution < -0.4 is 10.0 Å². The molecular weight excluding hydrogens is 292 g/mol. The Morgan fingerprint density at radius 2 is 1.91 bits per heavy atom. The van der Waals surface area contributed by atoms with E-state index < -0.39 is 5.91 Å². The van der Waals surface area contributed by atoms with Crippen molar-refractivity contribution in [1.82, 2.24) is 9.78 Å². The van der Waals surface area contributed by atoms with Gasteiger partial charge in [-0.3, -0.25) is 4.79 Å². The van der Waals surface area contributed by atoms with Gasteiger partial charge in [-0.05, 0) is 38.1 Å². The Hall–Kier alpha value is -3.15. The van der Waals surface area contributed by atoms with Crippen molar-refractivity contribution in [2.24, 2.45) is 0 Å². The quantitative estimate of drug-likeness (QED) is 0.596. The predicted octanol–water partition coefficient (Wildman–Crippen LogP) is 2.37. The summed E-state index contributed by atoms with van der Waals surface area (Å²) in [6.07, 6.45) is 1.29. The summed E-state index contributed by atoms with van der Waals surface area (Å²) in [5.74, 6) is -0.463. The molecular formula is C17H16N4O2. The second-order valence-corrected chi connectivity index (χ2v) is 5.22. The van der Waals surface area contributed by atoms with E-state index in [1.54, 1.807) is 22.9 Å². The molecule has 2 heterocycles. The molecule has 1 N–H and O–H groups in total. The van der Waals surface area contributed by atoms with E-state index in [0.29, 0.717) is 10.4 Å². The number of nitrogens with zero attached hydrogens (tertiary/aromatic N) is 3. The lowest BCUT2D eigenvalue weighted by Crippen LogP contribution is -2.36. The van der Waals surface area contributed by atoms with Gasteiger partial charge in [0.25, 0.3) is 5.69 Å². The average molecular weight is 308 g/mol. The lowest BCUT2D eigenvalue weighted by Gasteiger charge is -2.12. The fourth-order valence-corrected chi connectivity index (χ4v) is 2.43. The molecule has 0 spiro atoms. The number of anilines is 1. The molecule has 0 fully saturated rings. The summed E-state index contributed by atoms with van der Waals surface area (Å²) in [4.78, 5) is 12.3. The van der Waals surface area contributed by atoms with E-state index in [1.807, 2.05) is 38.1 Å². The third-order valence-corrected chi connectivity index (χ3v) is 3.45. The summed E-state index contributed by atoms with van der Waals surface area (Å²) in [5, 5.41) is 18.9. The van der Waals surface area contributed by atoms with Gasteiger partial charge in [-0.15, -0.1) is 0 Å². The number of benzene rings is 1. The molecule has 2 aromatic heterocycles. The Labute approximate surface area is 133 Å². The molecule has 0 atom stereocenters. The number of para-hydroxylation sites is 2. The smallest absolute Gasteiger partial charge is 0.321 e. The fourth-order valence-electron chi connectivity index (χ4n) is 2.43. The van der Waals surface area contributed by atoms with Crippen LogP contribution in [0.5, 0.6) is 0 Å². The summed E-state index contributed by atoms with van der Waals surface area (Å²) < 4.78 is 2.31. The van der Waals surface area contributed by atoms with Crippen LogP contribution in [0.2, 0.25) is 0 Å². The lowest BCUT2D eigenvalue weighted by atomic mass is 10.2.